The monoisotopic (exact) mass is 743 g/mol. The number of nitrogens with two attached hydrogens (primary N) is 1. The topological polar surface area (TPSA) is 112 Å². The SMILES string of the molecule is C=CC(=O)N1CC[C@@H](N(C)c2nc(OC[C@@]34CCCN3C[C@H](F)C4)nc3c(F)c(-c4ccc(F)c5sc(N)c(C#N)c45)c(C(F)(F)F)cc23)[C@H]1CC. The lowest BCUT2D eigenvalue weighted by molar-refractivity contribution is -0.137. The van der Waals surface area contributed by atoms with Crippen molar-refractivity contribution in [3.05, 3.63) is 53.6 Å². The number of fused-ring (bicyclic) bond motifs is 3. The maximum atomic E-state index is 17.2. The van der Waals surface area contributed by atoms with Gasteiger partial charge >= 0.3 is 12.2 Å². The maximum absolute atomic E-state index is 17.2. The summed E-state index contributed by atoms with van der Waals surface area (Å²) in [7, 11) is 1.61. The number of alkyl halides is 4. The molecule has 2 aromatic heterocycles. The van der Waals surface area contributed by atoms with Crippen molar-refractivity contribution in [3.63, 3.8) is 0 Å². The van der Waals surface area contributed by atoms with Crippen LogP contribution in [0.2, 0.25) is 0 Å². The van der Waals surface area contributed by atoms with Crippen LogP contribution in [0.1, 0.15) is 50.2 Å². The van der Waals surface area contributed by atoms with E-state index in [1.54, 1.807) is 16.8 Å². The Hall–Kier alpha value is -4.62. The Kier molecular flexibility index (Phi) is 9.01. The molecular formula is C36H35F6N7O2S. The molecule has 5 heterocycles. The van der Waals surface area contributed by atoms with Gasteiger partial charge in [-0.15, -0.1) is 11.3 Å². The minimum Gasteiger partial charge on any atom is -0.461 e. The Morgan fingerprint density at radius 1 is 1.29 bits per heavy atom. The van der Waals surface area contributed by atoms with Crippen molar-refractivity contribution in [1.29, 1.82) is 5.26 Å². The number of nitriles is 1. The number of nitrogens with zero attached hydrogens (tertiary/aromatic N) is 6. The van der Waals surface area contributed by atoms with E-state index in [9.17, 15) is 18.8 Å². The number of benzene rings is 2. The average molecular weight is 744 g/mol. The number of carbonyl (C=O) groups is 1. The normalized spacial score (nSPS) is 23.4. The summed E-state index contributed by atoms with van der Waals surface area (Å²) in [5, 5.41) is 9.20. The number of likely N-dealkylation sites (tertiary alicyclic amines) is 1. The molecule has 7 rings (SSSR count). The van der Waals surface area contributed by atoms with E-state index < -0.39 is 52.2 Å². The minimum atomic E-state index is -5.13. The van der Waals surface area contributed by atoms with Gasteiger partial charge in [-0.3, -0.25) is 9.69 Å². The van der Waals surface area contributed by atoms with Crippen molar-refractivity contribution in [2.45, 2.75) is 69.0 Å². The molecule has 0 aliphatic carbocycles. The average Bonchev–Trinajstić information content (AvgIpc) is 3.87. The summed E-state index contributed by atoms with van der Waals surface area (Å²) in [5.41, 5.74) is 1.83. The van der Waals surface area contributed by atoms with Gasteiger partial charge < -0.3 is 20.3 Å². The predicted octanol–water partition coefficient (Wildman–Crippen LogP) is 7.22. The molecule has 1 amide bonds. The molecular weight excluding hydrogens is 708 g/mol. The number of carbonyl (C=O) groups excluding carboxylic acids is 1. The molecule has 3 fully saturated rings. The van der Waals surface area contributed by atoms with Gasteiger partial charge in [0, 0.05) is 42.9 Å². The zero-order valence-corrected chi connectivity index (χ0v) is 29.2. The third-order valence-corrected chi connectivity index (χ3v) is 11.9. The first-order valence-electron chi connectivity index (χ1n) is 16.9. The van der Waals surface area contributed by atoms with E-state index in [4.69, 9.17) is 10.5 Å². The number of ether oxygens (including phenoxy) is 1. The molecule has 274 valence electrons. The smallest absolute Gasteiger partial charge is 0.417 e. The number of hydrogen-bond acceptors (Lipinski definition) is 9. The van der Waals surface area contributed by atoms with Crippen LogP contribution in [0.3, 0.4) is 0 Å². The van der Waals surface area contributed by atoms with Gasteiger partial charge in [0.05, 0.1) is 33.4 Å². The summed E-state index contributed by atoms with van der Waals surface area (Å²) in [4.78, 5) is 26.9. The lowest BCUT2D eigenvalue weighted by atomic mass is 9.92. The van der Waals surface area contributed by atoms with Crippen LogP contribution in [0.4, 0.5) is 37.2 Å². The van der Waals surface area contributed by atoms with Crippen molar-refractivity contribution >= 4 is 49.1 Å². The molecule has 0 unspecified atom stereocenters. The summed E-state index contributed by atoms with van der Waals surface area (Å²) in [6.07, 6.45) is -2.36. The molecule has 2 N–H and O–H groups in total. The quantitative estimate of drug-likeness (QED) is 0.149. The van der Waals surface area contributed by atoms with Crippen LogP contribution in [-0.4, -0.2) is 82.8 Å². The lowest BCUT2D eigenvalue weighted by Crippen LogP contribution is -2.45. The third-order valence-electron chi connectivity index (χ3n) is 10.8. The van der Waals surface area contributed by atoms with Crippen LogP contribution in [0.5, 0.6) is 6.01 Å². The van der Waals surface area contributed by atoms with Crippen LogP contribution < -0.4 is 15.4 Å². The summed E-state index contributed by atoms with van der Waals surface area (Å²) in [6, 6.07) is 3.34. The van der Waals surface area contributed by atoms with Gasteiger partial charge in [-0.2, -0.15) is 28.4 Å². The van der Waals surface area contributed by atoms with Gasteiger partial charge in [-0.25, -0.2) is 13.2 Å². The van der Waals surface area contributed by atoms with Crippen molar-refractivity contribution in [1.82, 2.24) is 19.8 Å². The van der Waals surface area contributed by atoms with Gasteiger partial charge in [0.25, 0.3) is 0 Å². The van der Waals surface area contributed by atoms with Crippen LogP contribution >= 0.6 is 11.3 Å². The van der Waals surface area contributed by atoms with Crippen LogP contribution in [0.25, 0.3) is 32.1 Å². The van der Waals surface area contributed by atoms with E-state index in [1.165, 1.54) is 6.08 Å². The summed E-state index contributed by atoms with van der Waals surface area (Å²) in [5.74, 6) is -2.58. The number of amides is 1. The number of halogens is 6. The molecule has 3 aliphatic rings. The van der Waals surface area contributed by atoms with Crippen LogP contribution in [0.15, 0.2) is 30.9 Å². The van der Waals surface area contributed by atoms with E-state index in [-0.39, 0.29) is 75.0 Å². The molecule has 4 aromatic rings. The molecule has 2 aromatic carbocycles. The largest absolute Gasteiger partial charge is 0.461 e. The van der Waals surface area contributed by atoms with E-state index in [2.05, 4.69) is 16.5 Å². The molecule has 16 heteroatoms. The number of anilines is 2. The van der Waals surface area contributed by atoms with E-state index in [0.717, 1.165) is 24.6 Å². The van der Waals surface area contributed by atoms with Crippen molar-refractivity contribution in [3.8, 4) is 23.2 Å². The molecule has 9 nitrogen and oxygen atoms in total. The maximum Gasteiger partial charge on any atom is 0.417 e. The van der Waals surface area contributed by atoms with Crippen molar-refractivity contribution in [2.24, 2.45) is 0 Å². The summed E-state index contributed by atoms with van der Waals surface area (Å²) in [6.45, 7) is 6.71. The molecule has 0 saturated carbocycles. The van der Waals surface area contributed by atoms with Gasteiger partial charge in [0.2, 0.25) is 5.91 Å². The highest BCUT2D eigenvalue weighted by Crippen LogP contribution is 2.48. The Morgan fingerprint density at radius 2 is 2.06 bits per heavy atom. The second-order valence-corrected chi connectivity index (χ2v) is 14.7. The molecule has 0 spiro atoms. The van der Waals surface area contributed by atoms with Gasteiger partial charge in [-0.1, -0.05) is 19.6 Å². The zero-order chi connectivity index (χ0) is 37.3. The van der Waals surface area contributed by atoms with E-state index >= 15 is 17.6 Å². The molecule has 4 atom stereocenters. The number of hydrogen-bond donors (Lipinski definition) is 1. The fourth-order valence-corrected chi connectivity index (χ4v) is 9.45. The summed E-state index contributed by atoms with van der Waals surface area (Å²) < 4.78 is 97.9. The first-order chi connectivity index (χ1) is 24.7. The number of aromatic nitrogens is 2. The number of likely N-dealkylation sites (N-methyl/N-ethyl adjacent to an activating group) is 1. The third kappa shape index (κ3) is 5.69. The Bertz CT molecular complexity index is 2150. The second kappa shape index (κ2) is 13.1. The molecule has 3 saturated heterocycles. The Balaban J connectivity index is 1.45. The first-order valence-corrected chi connectivity index (χ1v) is 17.7. The fourth-order valence-electron chi connectivity index (χ4n) is 8.50. The van der Waals surface area contributed by atoms with Crippen LogP contribution in [0, 0.1) is 23.0 Å². The van der Waals surface area contributed by atoms with Crippen molar-refractivity contribution in [2.75, 3.05) is 43.9 Å². The highest BCUT2D eigenvalue weighted by Gasteiger charge is 2.49. The van der Waals surface area contributed by atoms with Crippen molar-refractivity contribution < 1.29 is 35.9 Å². The molecule has 52 heavy (non-hydrogen) atoms. The molecule has 0 bridgehead atoms. The van der Waals surface area contributed by atoms with Gasteiger partial charge in [0.1, 0.15) is 41.0 Å². The fraction of sp³-hybridized carbons (Fsp3) is 0.444. The standard InChI is InChI=1S/C36H35F6N7O2S/c1-4-24-25(9-12-49(24)26(50)5-2)47(3)33-20-13-22(36(40,41)42)28(19-7-8-23(38)31-27(19)21(15-43)32(44)52-31)29(39)30(20)45-34(46-33)51-17-35-10-6-11-48(35)16-18(37)14-35/h5,7-8,13,18,24-25H,2,4,6,9-12,14,16-17,44H2,1,3H3/t18-,24-,25-,35+/m1/s1. The lowest BCUT2D eigenvalue weighted by Gasteiger charge is -2.34. The molecule has 0 radical (unpaired) electrons. The van der Waals surface area contributed by atoms with E-state index in [0.29, 0.717) is 43.7 Å². The highest BCUT2D eigenvalue weighted by molar-refractivity contribution is 7.23. The van der Waals surface area contributed by atoms with Gasteiger partial charge in [0.15, 0.2) is 5.82 Å². The zero-order valence-electron chi connectivity index (χ0n) is 28.4. The number of thiophene rings is 1. The Labute approximate surface area is 299 Å². The van der Waals surface area contributed by atoms with Gasteiger partial charge in [-0.05, 0) is 56.0 Å². The van der Waals surface area contributed by atoms with Crippen LogP contribution in [-0.2, 0) is 11.0 Å². The highest BCUT2D eigenvalue weighted by atomic mass is 32.1. The molecule has 3 aliphatic heterocycles. The number of nitrogen functional groups attached to an aromatic ring is 1. The number of rotatable bonds is 8. The Morgan fingerprint density at radius 3 is 2.75 bits per heavy atom. The summed E-state index contributed by atoms with van der Waals surface area (Å²) >= 11 is 0.676. The first kappa shape index (κ1) is 35.8. The predicted molar refractivity (Wildman–Crippen MR) is 186 cm³/mol. The minimum absolute atomic E-state index is 0.0296. The van der Waals surface area contributed by atoms with E-state index in [1.807, 2.05) is 17.9 Å². The second-order valence-electron chi connectivity index (χ2n) is 13.6.